The minimum atomic E-state index is -0.195. The van der Waals surface area contributed by atoms with E-state index in [1.807, 2.05) is 24.3 Å². The summed E-state index contributed by atoms with van der Waals surface area (Å²) in [5.74, 6) is -0.195. The van der Waals surface area contributed by atoms with Gasteiger partial charge in [0.05, 0.1) is 37.3 Å². The Morgan fingerprint density at radius 1 is 1.18 bits per heavy atom. The fourth-order valence-corrected chi connectivity index (χ4v) is 2.29. The highest BCUT2D eigenvalue weighted by Crippen LogP contribution is 2.14. The molecule has 1 N–H and O–H groups in total. The zero-order valence-electron chi connectivity index (χ0n) is 12.2. The molecule has 0 unspecified atom stereocenters. The van der Waals surface area contributed by atoms with Crippen LogP contribution in [0, 0.1) is 0 Å². The van der Waals surface area contributed by atoms with E-state index in [2.05, 4.69) is 20.2 Å². The Bertz CT molecular complexity index is 610. The lowest BCUT2D eigenvalue weighted by Crippen LogP contribution is -2.36. The smallest absolute Gasteiger partial charge is 0.270 e. The lowest BCUT2D eigenvalue weighted by molar-refractivity contribution is 0.0945. The van der Waals surface area contributed by atoms with Crippen molar-refractivity contribution in [3.8, 4) is 0 Å². The number of nitrogens with zero attached hydrogens (tertiary/aromatic N) is 3. The molecule has 0 radical (unpaired) electrons. The largest absolute Gasteiger partial charge is 0.378 e. The van der Waals surface area contributed by atoms with E-state index in [1.165, 1.54) is 0 Å². The van der Waals surface area contributed by atoms with E-state index in [1.54, 1.807) is 18.5 Å². The Morgan fingerprint density at radius 2 is 2.05 bits per heavy atom. The van der Waals surface area contributed by atoms with Crippen molar-refractivity contribution in [2.75, 3.05) is 31.2 Å². The topological polar surface area (TPSA) is 67.4 Å². The van der Waals surface area contributed by atoms with E-state index in [0.717, 1.165) is 37.7 Å². The van der Waals surface area contributed by atoms with Gasteiger partial charge in [-0.1, -0.05) is 6.07 Å². The average Bonchev–Trinajstić information content (AvgIpc) is 2.61. The second-order valence-electron chi connectivity index (χ2n) is 5.00. The quantitative estimate of drug-likeness (QED) is 0.920. The molecule has 22 heavy (non-hydrogen) atoms. The van der Waals surface area contributed by atoms with Crippen molar-refractivity contribution in [2.45, 2.75) is 6.54 Å². The van der Waals surface area contributed by atoms with Crippen LogP contribution in [0.25, 0.3) is 0 Å². The number of pyridine rings is 2. The SMILES string of the molecule is O=C(NCc1ccccn1)c1ccc(N2CCOCC2)cn1. The highest BCUT2D eigenvalue weighted by molar-refractivity contribution is 5.92. The number of morpholine rings is 1. The molecule has 0 aliphatic carbocycles. The maximum atomic E-state index is 12.1. The first kappa shape index (κ1) is 14.5. The molecule has 6 heteroatoms. The van der Waals surface area contributed by atoms with Crippen LogP contribution in [-0.4, -0.2) is 42.2 Å². The molecular weight excluding hydrogens is 280 g/mol. The van der Waals surface area contributed by atoms with Crippen molar-refractivity contribution in [3.63, 3.8) is 0 Å². The summed E-state index contributed by atoms with van der Waals surface area (Å²) >= 11 is 0. The van der Waals surface area contributed by atoms with Gasteiger partial charge in [0.2, 0.25) is 0 Å². The first-order valence-corrected chi connectivity index (χ1v) is 7.30. The summed E-state index contributed by atoms with van der Waals surface area (Å²) in [6.07, 6.45) is 3.44. The number of ether oxygens (including phenoxy) is 1. The normalized spacial score (nSPS) is 14.6. The monoisotopic (exact) mass is 298 g/mol. The zero-order valence-corrected chi connectivity index (χ0v) is 12.2. The van der Waals surface area contributed by atoms with Crippen LogP contribution in [0.5, 0.6) is 0 Å². The third-order valence-electron chi connectivity index (χ3n) is 3.51. The number of amides is 1. The van der Waals surface area contributed by atoms with E-state index in [4.69, 9.17) is 4.74 Å². The van der Waals surface area contributed by atoms with Gasteiger partial charge in [0.1, 0.15) is 5.69 Å². The Labute approximate surface area is 129 Å². The number of carbonyl (C=O) groups excluding carboxylic acids is 1. The molecule has 0 aromatic carbocycles. The average molecular weight is 298 g/mol. The molecule has 0 saturated carbocycles. The third-order valence-corrected chi connectivity index (χ3v) is 3.51. The van der Waals surface area contributed by atoms with E-state index in [9.17, 15) is 4.79 Å². The second kappa shape index (κ2) is 7.00. The minimum Gasteiger partial charge on any atom is -0.378 e. The number of anilines is 1. The van der Waals surface area contributed by atoms with Gasteiger partial charge in [-0.15, -0.1) is 0 Å². The van der Waals surface area contributed by atoms with Gasteiger partial charge in [-0.3, -0.25) is 9.78 Å². The van der Waals surface area contributed by atoms with Gasteiger partial charge in [0.25, 0.3) is 5.91 Å². The van der Waals surface area contributed by atoms with Crippen molar-refractivity contribution >= 4 is 11.6 Å². The van der Waals surface area contributed by atoms with Gasteiger partial charge in [-0.2, -0.15) is 0 Å². The van der Waals surface area contributed by atoms with Crippen molar-refractivity contribution in [2.24, 2.45) is 0 Å². The predicted octanol–water partition coefficient (Wildman–Crippen LogP) is 1.24. The number of aromatic nitrogens is 2. The van der Waals surface area contributed by atoms with Crippen LogP contribution in [0.1, 0.15) is 16.2 Å². The van der Waals surface area contributed by atoms with Gasteiger partial charge in [0, 0.05) is 19.3 Å². The first-order chi connectivity index (χ1) is 10.8. The second-order valence-corrected chi connectivity index (χ2v) is 5.00. The summed E-state index contributed by atoms with van der Waals surface area (Å²) < 4.78 is 5.33. The fourth-order valence-electron chi connectivity index (χ4n) is 2.29. The standard InChI is InChI=1S/C16H18N4O2/c21-16(19-11-13-3-1-2-6-17-13)15-5-4-14(12-18-15)20-7-9-22-10-8-20/h1-6,12H,7-11H2,(H,19,21). The highest BCUT2D eigenvalue weighted by atomic mass is 16.5. The Balaban J connectivity index is 1.58. The molecule has 1 aliphatic heterocycles. The Hall–Kier alpha value is -2.47. The molecule has 0 bridgehead atoms. The minimum absolute atomic E-state index is 0.195. The maximum absolute atomic E-state index is 12.1. The van der Waals surface area contributed by atoms with E-state index < -0.39 is 0 Å². The number of rotatable bonds is 4. The van der Waals surface area contributed by atoms with Gasteiger partial charge >= 0.3 is 0 Å². The van der Waals surface area contributed by atoms with Gasteiger partial charge < -0.3 is 15.0 Å². The summed E-state index contributed by atoms with van der Waals surface area (Å²) in [4.78, 5) is 22.7. The summed E-state index contributed by atoms with van der Waals surface area (Å²) in [5.41, 5.74) is 2.25. The van der Waals surface area contributed by atoms with Crippen LogP contribution >= 0.6 is 0 Å². The van der Waals surface area contributed by atoms with Crippen LogP contribution < -0.4 is 10.2 Å². The fraction of sp³-hybridized carbons (Fsp3) is 0.312. The number of nitrogens with one attached hydrogen (secondary N) is 1. The Kier molecular flexibility index (Phi) is 4.60. The van der Waals surface area contributed by atoms with Gasteiger partial charge in [0.15, 0.2) is 0 Å². The number of hydrogen-bond acceptors (Lipinski definition) is 5. The predicted molar refractivity (Wildman–Crippen MR) is 82.7 cm³/mol. The Morgan fingerprint density at radius 3 is 2.73 bits per heavy atom. The van der Waals surface area contributed by atoms with Crippen LogP contribution in [0.4, 0.5) is 5.69 Å². The molecule has 2 aromatic heterocycles. The lowest BCUT2D eigenvalue weighted by atomic mass is 10.2. The van der Waals surface area contributed by atoms with E-state index >= 15 is 0 Å². The summed E-state index contributed by atoms with van der Waals surface area (Å²) in [7, 11) is 0. The molecule has 6 nitrogen and oxygen atoms in total. The van der Waals surface area contributed by atoms with Gasteiger partial charge in [-0.25, -0.2) is 4.98 Å². The molecule has 0 spiro atoms. The summed E-state index contributed by atoms with van der Waals surface area (Å²) in [6.45, 7) is 3.56. The maximum Gasteiger partial charge on any atom is 0.270 e. The molecule has 3 heterocycles. The van der Waals surface area contributed by atoms with Crippen LogP contribution in [0.15, 0.2) is 42.7 Å². The van der Waals surface area contributed by atoms with Gasteiger partial charge in [-0.05, 0) is 24.3 Å². The van der Waals surface area contributed by atoms with Crippen molar-refractivity contribution < 1.29 is 9.53 Å². The molecule has 2 aromatic rings. The lowest BCUT2D eigenvalue weighted by Gasteiger charge is -2.28. The van der Waals surface area contributed by atoms with Crippen LogP contribution in [0.3, 0.4) is 0 Å². The molecule has 1 fully saturated rings. The van der Waals surface area contributed by atoms with E-state index in [0.29, 0.717) is 12.2 Å². The molecular formula is C16H18N4O2. The van der Waals surface area contributed by atoms with Crippen LogP contribution in [0.2, 0.25) is 0 Å². The van der Waals surface area contributed by atoms with Crippen molar-refractivity contribution in [1.82, 2.24) is 15.3 Å². The molecule has 0 atom stereocenters. The molecule has 1 aliphatic rings. The van der Waals surface area contributed by atoms with E-state index in [-0.39, 0.29) is 5.91 Å². The van der Waals surface area contributed by atoms with Crippen molar-refractivity contribution in [3.05, 3.63) is 54.1 Å². The molecule has 1 saturated heterocycles. The summed E-state index contributed by atoms with van der Waals surface area (Å²) in [5, 5.41) is 2.82. The third kappa shape index (κ3) is 3.59. The first-order valence-electron chi connectivity index (χ1n) is 7.30. The van der Waals surface area contributed by atoms with Crippen molar-refractivity contribution in [1.29, 1.82) is 0 Å². The molecule has 114 valence electrons. The molecule has 3 rings (SSSR count). The summed E-state index contributed by atoms with van der Waals surface area (Å²) in [6, 6.07) is 9.28. The highest BCUT2D eigenvalue weighted by Gasteiger charge is 2.13. The molecule has 1 amide bonds. The van der Waals surface area contributed by atoms with Crippen LogP contribution in [-0.2, 0) is 11.3 Å². The zero-order chi connectivity index (χ0) is 15.2. The number of hydrogen-bond donors (Lipinski definition) is 1. The number of carbonyl (C=O) groups is 1.